The van der Waals surface area contributed by atoms with Gasteiger partial charge < -0.3 is 10.4 Å². The van der Waals surface area contributed by atoms with Gasteiger partial charge in [0, 0.05) is 13.1 Å². The maximum absolute atomic E-state index is 9.47. The van der Waals surface area contributed by atoms with Crippen molar-refractivity contribution in [3.05, 3.63) is 0 Å². The Morgan fingerprint density at radius 3 is 2.00 bits per heavy atom. The number of nitrogens with one attached hydrogen (secondary N) is 1. The Hall–Kier alpha value is 0.210. The molecule has 2 bridgehead atoms. The van der Waals surface area contributed by atoms with Gasteiger partial charge >= 0.3 is 0 Å². The van der Waals surface area contributed by atoms with Crippen molar-refractivity contribution < 1.29 is 5.11 Å². The molecule has 2 aliphatic rings. The second-order valence-corrected chi connectivity index (χ2v) is 3.25. The fourth-order valence-corrected chi connectivity index (χ4v) is 2.05. The molecule has 1 aliphatic heterocycles. The number of aliphatic hydroxyl groups is 1. The van der Waals surface area contributed by atoms with E-state index in [1.165, 1.54) is 12.8 Å². The highest BCUT2D eigenvalue weighted by Gasteiger charge is 2.37. The van der Waals surface area contributed by atoms with Gasteiger partial charge in [0.25, 0.3) is 0 Å². The van der Waals surface area contributed by atoms with Gasteiger partial charge in [-0.2, -0.15) is 0 Å². The minimum Gasteiger partial charge on any atom is -0.392 e. The quantitative estimate of drug-likeness (QED) is 0.542. The minimum absolute atomic E-state index is 0. The van der Waals surface area contributed by atoms with Gasteiger partial charge in [0.15, 0.2) is 0 Å². The molecular weight excluding hydrogens is 150 g/mol. The lowest BCUT2D eigenvalue weighted by Crippen LogP contribution is -2.41. The van der Waals surface area contributed by atoms with Crippen molar-refractivity contribution in [2.24, 2.45) is 11.8 Å². The van der Waals surface area contributed by atoms with E-state index in [1.54, 1.807) is 0 Å². The predicted molar refractivity (Wildman–Crippen MR) is 42.3 cm³/mol. The van der Waals surface area contributed by atoms with Gasteiger partial charge in [0.05, 0.1) is 6.10 Å². The van der Waals surface area contributed by atoms with Crippen LogP contribution in [0, 0.1) is 11.8 Å². The lowest BCUT2D eigenvalue weighted by atomic mass is 9.97. The van der Waals surface area contributed by atoms with Gasteiger partial charge in [-0.25, -0.2) is 0 Å². The molecule has 0 amide bonds. The zero-order valence-corrected chi connectivity index (χ0v) is 6.73. The Kier molecular flexibility index (Phi) is 2.55. The molecule has 1 aliphatic carbocycles. The molecule has 1 saturated heterocycles. The lowest BCUT2D eigenvalue weighted by molar-refractivity contribution is 0.0700. The standard InChI is InChI=1S/C7H13NO.ClH/c9-7-5-1-2-6(7)4-8-3-5;/h5-9H,1-4H2;1H/t5-,6-;/m1./s1. The maximum atomic E-state index is 9.47. The summed E-state index contributed by atoms with van der Waals surface area (Å²) in [6, 6.07) is 0. The smallest absolute Gasteiger partial charge is 0.0620 e. The van der Waals surface area contributed by atoms with Crippen molar-refractivity contribution in [1.82, 2.24) is 5.32 Å². The van der Waals surface area contributed by atoms with E-state index in [2.05, 4.69) is 5.32 Å². The van der Waals surface area contributed by atoms with Crippen LogP contribution in [0.1, 0.15) is 12.8 Å². The molecule has 0 aromatic heterocycles. The van der Waals surface area contributed by atoms with E-state index in [4.69, 9.17) is 0 Å². The summed E-state index contributed by atoms with van der Waals surface area (Å²) in [5, 5.41) is 12.8. The largest absolute Gasteiger partial charge is 0.392 e. The molecule has 10 heavy (non-hydrogen) atoms. The number of rotatable bonds is 0. The monoisotopic (exact) mass is 163 g/mol. The highest BCUT2D eigenvalue weighted by atomic mass is 35.5. The van der Waals surface area contributed by atoms with Crippen LogP contribution >= 0.6 is 12.4 Å². The highest BCUT2D eigenvalue weighted by Crippen LogP contribution is 2.32. The summed E-state index contributed by atoms with van der Waals surface area (Å²) >= 11 is 0. The second kappa shape index (κ2) is 3.07. The van der Waals surface area contributed by atoms with Crippen LogP contribution in [0.15, 0.2) is 0 Å². The third-order valence-corrected chi connectivity index (χ3v) is 2.69. The summed E-state index contributed by atoms with van der Waals surface area (Å²) in [5.41, 5.74) is 0. The van der Waals surface area contributed by atoms with E-state index in [0.717, 1.165) is 13.1 Å². The van der Waals surface area contributed by atoms with Crippen molar-refractivity contribution in [2.75, 3.05) is 13.1 Å². The van der Waals surface area contributed by atoms with Gasteiger partial charge in [-0.3, -0.25) is 0 Å². The van der Waals surface area contributed by atoms with Crippen molar-refractivity contribution in [3.63, 3.8) is 0 Å². The molecule has 2 rings (SSSR count). The molecule has 0 spiro atoms. The van der Waals surface area contributed by atoms with Gasteiger partial charge in [-0.15, -0.1) is 12.4 Å². The molecule has 1 saturated carbocycles. The van der Waals surface area contributed by atoms with Crippen molar-refractivity contribution in [2.45, 2.75) is 18.9 Å². The Morgan fingerprint density at radius 2 is 1.60 bits per heavy atom. The molecule has 60 valence electrons. The minimum atomic E-state index is 0. The zero-order valence-electron chi connectivity index (χ0n) is 5.92. The Balaban J connectivity index is 0.000000500. The van der Waals surface area contributed by atoms with Crippen LogP contribution in [-0.4, -0.2) is 24.3 Å². The van der Waals surface area contributed by atoms with Crippen molar-refractivity contribution >= 4 is 12.4 Å². The number of fused-ring (bicyclic) bond motifs is 2. The molecule has 0 aromatic rings. The fraction of sp³-hybridized carbons (Fsp3) is 1.00. The Bertz CT molecular complexity index is 104. The van der Waals surface area contributed by atoms with E-state index in [1.807, 2.05) is 0 Å². The SMILES string of the molecule is Cl.OC1[C@@H]2CC[C@@H]1CNC2. The number of piperidine rings is 1. The van der Waals surface area contributed by atoms with E-state index >= 15 is 0 Å². The van der Waals surface area contributed by atoms with E-state index in [0.29, 0.717) is 11.8 Å². The summed E-state index contributed by atoms with van der Waals surface area (Å²) in [4.78, 5) is 0. The van der Waals surface area contributed by atoms with Crippen LogP contribution < -0.4 is 5.32 Å². The molecule has 2 fully saturated rings. The van der Waals surface area contributed by atoms with Crippen LogP contribution in [-0.2, 0) is 0 Å². The first kappa shape index (κ1) is 8.31. The van der Waals surface area contributed by atoms with Crippen molar-refractivity contribution in [3.8, 4) is 0 Å². The van der Waals surface area contributed by atoms with Gasteiger partial charge in [-0.1, -0.05) is 0 Å². The van der Waals surface area contributed by atoms with E-state index < -0.39 is 0 Å². The van der Waals surface area contributed by atoms with Gasteiger partial charge in [0.1, 0.15) is 0 Å². The molecule has 0 radical (unpaired) electrons. The second-order valence-electron chi connectivity index (χ2n) is 3.25. The predicted octanol–water partition coefficient (Wildman–Crippen LogP) is 0.398. The molecule has 0 unspecified atom stereocenters. The van der Waals surface area contributed by atoms with Gasteiger partial charge in [0.2, 0.25) is 0 Å². The topological polar surface area (TPSA) is 32.3 Å². The summed E-state index contributed by atoms with van der Waals surface area (Å²) in [7, 11) is 0. The van der Waals surface area contributed by atoms with Crippen molar-refractivity contribution in [1.29, 1.82) is 0 Å². The maximum Gasteiger partial charge on any atom is 0.0620 e. The summed E-state index contributed by atoms with van der Waals surface area (Å²) < 4.78 is 0. The first-order valence-electron chi connectivity index (χ1n) is 3.76. The fourth-order valence-electron chi connectivity index (χ4n) is 2.05. The molecular formula is C7H14ClNO. The molecule has 2 N–H and O–H groups in total. The summed E-state index contributed by atoms with van der Waals surface area (Å²) in [6.45, 7) is 2.08. The number of hydrogen-bond donors (Lipinski definition) is 2. The van der Waals surface area contributed by atoms with Crippen LogP contribution in [0.25, 0.3) is 0 Å². The van der Waals surface area contributed by atoms with Crippen LogP contribution in [0.5, 0.6) is 0 Å². The van der Waals surface area contributed by atoms with E-state index in [-0.39, 0.29) is 18.5 Å². The zero-order chi connectivity index (χ0) is 6.27. The van der Waals surface area contributed by atoms with Crippen LogP contribution in [0.3, 0.4) is 0 Å². The average Bonchev–Trinajstić information content (AvgIpc) is 2.19. The summed E-state index contributed by atoms with van der Waals surface area (Å²) in [5.74, 6) is 1.15. The Morgan fingerprint density at radius 1 is 1.10 bits per heavy atom. The average molecular weight is 164 g/mol. The van der Waals surface area contributed by atoms with Crippen LogP contribution in [0.4, 0.5) is 0 Å². The molecule has 3 heteroatoms. The number of hydrogen-bond acceptors (Lipinski definition) is 2. The van der Waals surface area contributed by atoms with E-state index in [9.17, 15) is 5.11 Å². The van der Waals surface area contributed by atoms with Crippen LogP contribution in [0.2, 0.25) is 0 Å². The third-order valence-electron chi connectivity index (χ3n) is 2.69. The number of halogens is 1. The number of aliphatic hydroxyl groups excluding tert-OH is 1. The molecule has 0 aromatic carbocycles. The Labute approximate surface area is 67.4 Å². The molecule has 1 heterocycles. The normalized spacial score (nSPS) is 44.7. The third kappa shape index (κ3) is 1.16. The highest BCUT2D eigenvalue weighted by molar-refractivity contribution is 5.85. The lowest BCUT2D eigenvalue weighted by Gasteiger charge is -2.25. The first-order chi connectivity index (χ1) is 4.38. The molecule has 2 nitrogen and oxygen atoms in total. The molecule has 2 atom stereocenters. The first-order valence-corrected chi connectivity index (χ1v) is 3.76. The summed E-state index contributed by atoms with van der Waals surface area (Å²) in [6.07, 6.45) is 2.49. The van der Waals surface area contributed by atoms with Gasteiger partial charge in [-0.05, 0) is 24.7 Å².